The van der Waals surface area contributed by atoms with Gasteiger partial charge in [-0.2, -0.15) is 13.8 Å². The minimum Gasteiger partial charge on any atom is -0.367 e. The summed E-state index contributed by atoms with van der Waals surface area (Å²) in [6.45, 7) is 3.00. The highest BCUT2D eigenvalue weighted by atomic mass is 32.1. The average Bonchev–Trinajstić information content (AvgIpc) is 3.15. The fraction of sp³-hybridized carbons (Fsp3) is 0.538. The molecule has 104 valence electrons. The molecule has 1 N–H and O–H groups in total. The molecule has 0 spiro atoms. The normalized spacial score (nSPS) is 18.9. The lowest BCUT2D eigenvalue weighted by molar-refractivity contribution is 0.425. The number of nitrogens with zero attached hydrogens (tertiary/aromatic N) is 5. The lowest BCUT2D eigenvalue weighted by atomic mass is 10.0. The first-order chi connectivity index (χ1) is 9.88. The zero-order chi connectivity index (χ0) is 13.4. The summed E-state index contributed by atoms with van der Waals surface area (Å²) in [7, 11) is 0. The van der Waals surface area contributed by atoms with Gasteiger partial charge in [-0.15, -0.1) is 5.10 Å². The molecule has 1 saturated carbocycles. The summed E-state index contributed by atoms with van der Waals surface area (Å²) >= 11 is 1.23. The predicted molar refractivity (Wildman–Crippen MR) is 78.1 cm³/mol. The quantitative estimate of drug-likeness (QED) is 0.904. The Kier molecular flexibility index (Phi) is 2.99. The molecule has 6 nitrogen and oxygen atoms in total. The van der Waals surface area contributed by atoms with Crippen LogP contribution < -0.4 is 10.2 Å². The molecule has 4 rings (SSSR count). The largest absolute Gasteiger partial charge is 0.367 e. The molecule has 0 radical (unpaired) electrons. The summed E-state index contributed by atoms with van der Waals surface area (Å²) < 4.78 is 8.11. The van der Waals surface area contributed by atoms with Crippen LogP contribution in [0.3, 0.4) is 0 Å². The third kappa shape index (κ3) is 2.45. The van der Waals surface area contributed by atoms with Crippen molar-refractivity contribution < 1.29 is 0 Å². The van der Waals surface area contributed by atoms with E-state index >= 15 is 0 Å². The molecule has 1 aliphatic carbocycles. The van der Waals surface area contributed by atoms with Gasteiger partial charge in [0.2, 0.25) is 0 Å². The lowest BCUT2D eigenvalue weighted by Gasteiger charge is -2.39. The Hall–Kier alpha value is -1.76. The molecule has 0 atom stereocenters. The molecular formula is C13H16N6S. The highest BCUT2D eigenvalue weighted by Crippen LogP contribution is 2.38. The number of nitrogens with one attached hydrogen (secondary N) is 1. The molecule has 2 fully saturated rings. The minimum absolute atomic E-state index is 0.640. The van der Waals surface area contributed by atoms with E-state index in [1.54, 1.807) is 6.20 Å². The Labute approximate surface area is 121 Å². The first kappa shape index (κ1) is 12.0. The van der Waals surface area contributed by atoms with E-state index < -0.39 is 0 Å². The molecule has 1 aliphatic heterocycles. The lowest BCUT2D eigenvalue weighted by Crippen LogP contribution is -2.50. The SMILES string of the molecule is c1nsnc1NCC1CN(c2ccc(C3CC3)nn2)C1. The van der Waals surface area contributed by atoms with E-state index in [2.05, 4.69) is 41.3 Å². The van der Waals surface area contributed by atoms with Crippen LogP contribution in [0, 0.1) is 5.92 Å². The fourth-order valence-electron chi connectivity index (χ4n) is 2.48. The van der Waals surface area contributed by atoms with Crippen molar-refractivity contribution in [3.05, 3.63) is 24.0 Å². The van der Waals surface area contributed by atoms with Crippen LogP contribution in [0.4, 0.5) is 11.6 Å². The zero-order valence-corrected chi connectivity index (χ0v) is 11.9. The van der Waals surface area contributed by atoms with E-state index in [1.165, 1.54) is 24.6 Å². The summed E-state index contributed by atoms with van der Waals surface area (Å²) in [6, 6.07) is 4.24. The Morgan fingerprint density at radius 2 is 2.15 bits per heavy atom. The minimum atomic E-state index is 0.640. The van der Waals surface area contributed by atoms with Crippen LogP contribution in [-0.2, 0) is 0 Å². The van der Waals surface area contributed by atoms with E-state index in [9.17, 15) is 0 Å². The molecule has 0 amide bonds. The van der Waals surface area contributed by atoms with Gasteiger partial charge in [-0.1, -0.05) is 0 Å². The second-order valence-corrected chi connectivity index (χ2v) is 6.09. The second kappa shape index (κ2) is 4.97. The summed E-state index contributed by atoms with van der Waals surface area (Å²) in [4.78, 5) is 2.27. The van der Waals surface area contributed by atoms with Gasteiger partial charge in [-0.05, 0) is 25.0 Å². The number of rotatable bonds is 5. The van der Waals surface area contributed by atoms with Crippen molar-refractivity contribution in [2.24, 2.45) is 5.92 Å². The summed E-state index contributed by atoms with van der Waals surface area (Å²) in [5, 5.41) is 12.0. The van der Waals surface area contributed by atoms with Gasteiger partial charge in [-0.25, -0.2) is 0 Å². The molecule has 2 aromatic heterocycles. The number of aromatic nitrogens is 4. The summed E-state index contributed by atoms with van der Waals surface area (Å²) in [5.74, 6) is 3.20. The average molecular weight is 288 g/mol. The topological polar surface area (TPSA) is 66.8 Å². The highest BCUT2D eigenvalue weighted by Gasteiger charge is 2.29. The van der Waals surface area contributed by atoms with Crippen molar-refractivity contribution in [2.75, 3.05) is 29.9 Å². The van der Waals surface area contributed by atoms with Crippen LogP contribution in [0.1, 0.15) is 24.5 Å². The van der Waals surface area contributed by atoms with Gasteiger partial charge in [0.1, 0.15) is 0 Å². The standard InChI is InChI=1S/C13H16N6S/c1-2-10(1)11-3-4-13(17-16-11)19-7-9(8-19)5-14-12-6-15-20-18-12/h3-4,6,9-10H,1-2,5,7-8H2,(H,14,18). The highest BCUT2D eigenvalue weighted by molar-refractivity contribution is 6.99. The number of hydrogen-bond donors (Lipinski definition) is 1. The third-order valence-corrected chi connectivity index (χ3v) is 4.36. The van der Waals surface area contributed by atoms with Crippen molar-refractivity contribution in [3.8, 4) is 0 Å². The Morgan fingerprint density at radius 3 is 2.80 bits per heavy atom. The van der Waals surface area contributed by atoms with Crippen molar-refractivity contribution >= 4 is 23.4 Å². The summed E-state index contributed by atoms with van der Waals surface area (Å²) in [5.41, 5.74) is 1.16. The molecule has 2 aliphatic rings. The van der Waals surface area contributed by atoms with Crippen molar-refractivity contribution in [1.29, 1.82) is 0 Å². The molecule has 3 heterocycles. The molecule has 20 heavy (non-hydrogen) atoms. The van der Waals surface area contributed by atoms with Crippen LogP contribution >= 0.6 is 11.7 Å². The maximum atomic E-state index is 4.34. The maximum absolute atomic E-state index is 4.34. The summed E-state index contributed by atoms with van der Waals surface area (Å²) in [6.07, 6.45) is 4.32. The van der Waals surface area contributed by atoms with Gasteiger partial charge >= 0.3 is 0 Å². The van der Waals surface area contributed by atoms with E-state index in [-0.39, 0.29) is 0 Å². The zero-order valence-electron chi connectivity index (χ0n) is 11.1. The predicted octanol–water partition coefficient (Wildman–Crippen LogP) is 1.75. The number of hydrogen-bond acceptors (Lipinski definition) is 7. The molecule has 0 unspecified atom stereocenters. The molecule has 0 bridgehead atoms. The maximum Gasteiger partial charge on any atom is 0.160 e. The molecule has 0 aromatic carbocycles. The monoisotopic (exact) mass is 288 g/mol. The van der Waals surface area contributed by atoms with Crippen LogP contribution in [0.25, 0.3) is 0 Å². The van der Waals surface area contributed by atoms with E-state index in [4.69, 9.17) is 0 Å². The van der Waals surface area contributed by atoms with Gasteiger partial charge in [-0.3, -0.25) is 0 Å². The Morgan fingerprint density at radius 1 is 1.25 bits per heavy atom. The van der Waals surface area contributed by atoms with E-state index in [0.717, 1.165) is 37.0 Å². The van der Waals surface area contributed by atoms with E-state index in [0.29, 0.717) is 11.8 Å². The van der Waals surface area contributed by atoms with Crippen molar-refractivity contribution in [1.82, 2.24) is 18.9 Å². The van der Waals surface area contributed by atoms with Gasteiger partial charge in [0.15, 0.2) is 11.6 Å². The van der Waals surface area contributed by atoms with Gasteiger partial charge in [0.25, 0.3) is 0 Å². The first-order valence-electron chi connectivity index (χ1n) is 6.98. The number of anilines is 2. The first-order valence-corrected chi connectivity index (χ1v) is 7.71. The van der Waals surface area contributed by atoms with Crippen molar-refractivity contribution in [3.63, 3.8) is 0 Å². The van der Waals surface area contributed by atoms with Gasteiger partial charge in [0, 0.05) is 31.5 Å². The smallest absolute Gasteiger partial charge is 0.160 e. The molecular weight excluding hydrogens is 272 g/mol. The van der Waals surface area contributed by atoms with Crippen LogP contribution in [0.15, 0.2) is 18.3 Å². The van der Waals surface area contributed by atoms with Crippen LogP contribution in [0.2, 0.25) is 0 Å². The Balaban J connectivity index is 1.27. The van der Waals surface area contributed by atoms with Crippen molar-refractivity contribution in [2.45, 2.75) is 18.8 Å². The third-order valence-electron chi connectivity index (χ3n) is 3.88. The fourth-order valence-corrected chi connectivity index (χ4v) is 2.87. The van der Waals surface area contributed by atoms with Gasteiger partial charge in [0.05, 0.1) is 23.6 Å². The van der Waals surface area contributed by atoms with Crippen LogP contribution in [0.5, 0.6) is 0 Å². The molecule has 1 saturated heterocycles. The molecule has 7 heteroatoms. The van der Waals surface area contributed by atoms with E-state index in [1.807, 2.05) is 0 Å². The van der Waals surface area contributed by atoms with Crippen LogP contribution in [-0.4, -0.2) is 38.6 Å². The molecule has 2 aromatic rings. The van der Waals surface area contributed by atoms with Gasteiger partial charge < -0.3 is 10.2 Å². The Bertz CT molecular complexity index is 559. The second-order valence-electron chi connectivity index (χ2n) is 5.54.